The van der Waals surface area contributed by atoms with E-state index < -0.39 is 0 Å². The first-order valence-corrected chi connectivity index (χ1v) is 11.8. The standard InChI is InChI=1S/C21H30N4O5S/c1-2-30-20(27)18-15-4-3-5-16(15)31-19(18)22-17(26)14-23-6-8-24(9-7-23)21(28)25-10-12-29-13-11-25/h2-14H2,1H3,(H,22,26). The van der Waals surface area contributed by atoms with Gasteiger partial charge in [-0.2, -0.15) is 0 Å². The minimum absolute atomic E-state index is 0.0552. The SMILES string of the molecule is CCOC(=O)c1c(NC(=O)CN2CCN(C(=O)N3CCOCC3)CC2)sc2c1CCC2. The van der Waals surface area contributed by atoms with Crippen LogP contribution in [-0.2, 0) is 27.1 Å². The number of anilines is 1. The summed E-state index contributed by atoms with van der Waals surface area (Å²) in [6.45, 7) is 7.28. The number of urea groups is 1. The average Bonchev–Trinajstić information content (AvgIpc) is 3.35. The Bertz CT molecular complexity index is 828. The third-order valence-electron chi connectivity index (χ3n) is 5.95. The third-order valence-corrected chi connectivity index (χ3v) is 7.15. The molecule has 0 saturated carbocycles. The van der Waals surface area contributed by atoms with Gasteiger partial charge in [-0.15, -0.1) is 11.3 Å². The number of carbonyl (C=O) groups is 3. The predicted molar refractivity (Wildman–Crippen MR) is 117 cm³/mol. The van der Waals surface area contributed by atoms with E-state index in [-0.39, 0.29) is 24.5 Å². The first-order valence-electron chi connectivity index (χ1n) is 11.0. The van der Waals surface area contributed by atoms with Crippen molar-refractivity contribution in [2.75, 3.05) is 71.0 Å². The lowest BCUT2D eigenvalue weighted by Gasteiger charge is -2.38. The Morgan fingerprint density at radius 1 is 1.03 bits per heavy atom. The largest absolute Gasteiger partial charge is 0.462 e. The Labute approximate surface area is 186 Å². The van der Waals surface area contributed by atoms with E-state index in [1.54, 1.807) is 6.92 Å². The van der Waals surface area contributed by atoms with Crippen LogP contribution < -0.4 is 5.32 Å². The van der Waals surface area contributed by atoms with Gasteiger partial charge >= 0.3 is 12.0 Å². The number of aryl methyl sites for hydroxylation is 1. The van der Waals surface area contributed by atoms with Crippen LogP contribution in [0.2, 0.25) is 0 Å². The summed E-state index contributed by atoms with van der Waals surface area (Å²) in [5.41, 5.74) is 1.57. The van der Waals surface area contributed by atoms with Crippen LogP contribution >= 0.6 is 11.3 Å². The molecule has 2 aliphatic heterocycles. The van der Waals surface area contributed by atoms with E-state index in [4.69, 9.17) is 9.47 Å². The van der Waals surface area contributed by atoms with Crippen molar-refractivity contribution in [1.82, 2.24) is 14.7 Å². The molecule has 1 N–H and O–H groups in total. The molecular formula is C21H30N4O5S. The summed E-state index contributed by atoms with van der Waals surface area (Å²) in [6.07, 6.45) is 2.84. The first kappa shape index (κ1) is 22.0. The summed E-state index contributed by atoms with van der Waals surface area (Å²) in [6, 6.07) is 0.0552. The maximum atomic E-state index is 12.7. The highest BCUT2D eigenvalue weighted by atomic mass is 32.1. The molecule has 0 atom stereocenters. The molecule has 31 heavy (non-hydrogen) atoms. The van der Waals surface area contributed by atoms with E-state index in [0.717, 1.165) is 24.8 Å². The molecular weight excluding hydrogens is 420 g/mol. The maximum absolute atomic E-state index is 12.7. The van der Waals surface area contributed by atoms with Gasteiger partial charge in [0.25, 0.3) is 0 Å². The fraction of sp³-hybridized carbons (Fsp3) is 0.667. The number of hydrogen-bond acceptors (Lipinski definition) is 7. The number of thiophene rings is 1. The number of hydrogen-bond donors (Lipinski definition) is 1. The fourth-order valence-corrected chi connectivity index (χ4v) is 5.63. The predicted octanol–water partition coefficient (Wildman–Crippen LogP) is 1.42. The fourth-order valence-electron chi connectivity index (χ4n) is 4.33. The molecule has 0 bridgehead atoms. The molecule has 1 aromatic heterocycles. The van der Waals surface area contributed by atoms with Crippen LogP contribution in [0, 0.1) is 0 Å². The quantitative estimate of drug-likeness (QED) is 0.683. The lowest BCUT2D eigenvalue weighted by molar-refractivity contribution is -0.117. The van der Waals surface area contributed by atoms with E-state index in [2.05, 4.69) is 5.32 Å². The molecule has 1 aromatic rings. The smallest absolute Gasteiger partial charge is 0.341 e. The summed E-state index contributed by atoms with van der Waals surface area (Å²) in [5.74, 6) is -0.495. The zero-order valence-electron chi connectivity index (χ0n) is 18.0. The Morgan fingerprint density at radius 2 is 1.74 bits per heavy atom. The van der Waals surface area contributed by atoms with Crippen molar-refractivity contribution in [2.24, 2.45) is 0 Å². The summed E-state index contributed by atoms with van der Waals surface area (Å²) >= 11 is 1.49. The van der Waals surface area contributed by atoms with Crippen molar-refractivity contribution in [3.05, 3.63) is 16.0 Å². The number of esters is 1. The van der Waals surface area contributed by atoms with Crippen molar-refractivity contribution in [3.63, 3.8) is 0 Å². The number of amides is 3. The van der Waals surface area contributed by atoms with Gasteiger partial charge in [0.1, 0.15) is 5.00 Å². The highest BCUT2D eigenvalue weighted by Crippen LogP contribution is 2.39. The molecule has 10 heteroatoms. The average molecular weight is 451 g/mol. The summed E-state index contributed by atoms with van der Waals surface area (Å²) in [5, 5.41) is 3.55. The van der Waals surface area contributed by atoms with E-state index in [0.29, 0.717) is 69.7 Å². The Hall–Kier alpha value is -2.17. The van der Waals surface area contributed by atoms with Gasteiger partial charge < -0.3 is 24.6 Å². The van der Waals surface area contributed by atoms with Crippen molar-refractivity contribution in [2.45, 2.75) is 26.2 Å². The maximum Gasteiger partial charge on any atom is 0.341 e. The van der Waals surface area contributed by atoms with Crippen LogP contribution in [0.25, 0.3) is 0 Å². The van der Waals surface area contributed by atoms with Gasteiger partial charge in [0, 0.05) is 44.1 Å². The summed E-state index contributed by atoms with van der Waals surface area (Å²) < 4.78 is 10.5. The lowest BCUT2D eigenvalue weighted by atomic mass is 10.1. The molecule has 3 amide bonds. The molecule has 2 fully saturated rings. The monoisotopic (exact) mass is 450 g/mol. The zero-order valence-corrected chi connectivity index (χ0v) is 18.8. The number of fused-ring (bicyclic) bond motifs is 1. The van der Waals surface area contributed by atoms with Crippen LogP contribution in [0.1, 0.15) is 34.1 Å². The molecule has 1 aliphatic carbocycles. The molecule has 3 aliphatic rings. The second-order valence-corrected chi connectivity index (χ2v) is 9.08. The molecule has 0 unspecified atom stereocenters. The number of piperazine rings is 1. The highest BCUT2D eigenvalue weighted by Gasteiger charge is 2.30. The Balaban J connectivity index is 1.30. The summed E-state index contributed by atoms with van der Waals surface area (Å²) in [4.78, 5) is 44.7. The minimum atomic E-state index is -0.354. The van der Waals surface area contributed by atoms with Crippen molar-refractivity contribution >= 4 is 34.2 Å². The molecule has 170 valence electrons. The van der Waals surface area contributed by atoms with Gasteiger partial charge in [0.2, 0.25) is 5.91 Å². The number of carbonyl (C=O) groups excluding carboxylic acids is 3. The second kappa shape index (κ2) is 9.97. The van der Waals surface area contributed by atoms with Crippen LogP contribution in [0.4, 0.5) is 9.80 Å². The highest BCUT2D eigenvalue weighted by molar-refractivity contribution is 7.17. The minimum Gasteiger partial charge on any atom is -0.462 e. The van der Waals surface area contributed by atoms with Crippen molar-refractivity contribution in [3.8, 4) is 0 Å². The van der Waals surface area contributed by atoms with Gasteiger partial charge in [-0.1, -0.05) is 0 Å². The molecule has 0 radical (unpaired) electrons. The Morgan fingerprint density at radius 3 is 2.45 bits per heavy atom. The molecule has 2 saturated heterocycles. The number of nitrogens with one attached hydrogen (secondary N) is 1. The lowest BCUT2D eigenvalue weighted by Crippen LogP contribution is -2.55. The van der Waals surface area contributed by atoms with E-state index in [9.17, 15) is 14.4 Å². The molecule has 9 nitrogen and oxygen atoms in total. The van der Waals surface area contributed by atoms with Gasteiger partial charge in [-0.3, -0.25) is 9.69 Å². The summed E-state index contributed by atoms with van der Waals surface area (Å²) in [7, 11) is 0. The van der Waals surface area contributed by atoms with E-state index in [1.807, 2.05) is 14.7 Å². The van der Waals surface area contributed by atoms with Gasteiger partial charge in [0.15, 0.2) is 0 Å². The van der Waals surface area contributed by atoms with Gasteiger partial charge in [-0.05, 0) is 31.7 Å². The first-order chi connectivity index (χ1) is 15.1. The molecule has 0 spiro atoms. The van der Waals surface area contributed by atoms with Crippen LogP contribution in [-0.4, -0.2) is 98.2 Å². The van der Waals surface area contributed by atoms with Crippen molar-refractivity contribution in [1.29, 1.82) is 0 Å². The Kier molecular flexibility index (Phi) is 7.09. The molecule has 3 heterocycles. The number of rotatable bonds is 5. The van der Waals surface area contributed by atoms with Gasteiger partial charge in [0.05, 0.1) is 31.9 Å². The van der Waals surface area contributed by atoms with E-state index in [1.165, 1.54) is 16.2 Å². The van der Waals surface area contributed by atoms with Crippen LogP contribution in [0.5, 0.6) is 0 Å². The second-order valence-electron chi connectivity index (χ2n) is 7.98. The topological polar surface area (TPSA) is 91.4 Å². The van der Waals surface area contributed by atoms with Gasteiger partial charge in [-0.25, -0.2) is 9.59 Å². The van der Waals surface area contributed by atoms with E-state index >= 15 is 0 Å². The molecule has 0 aromatic carbocycles. The normalized spacial score (nSPS) is 19.3. The number of nitrogens with zero attached hydrogens (tertiary/aromatic N) is 3. The number of morpholine rings is 1. The molecule has 4 rings (SSSR count). The zero-order chi connectivity index (χ0) is 21.8. The van der Waals surface area contributed by atoms with Crippen LogP contribution in [0.15, 0.2) is 0 Å². The van der Waals surface area contributed by atoms with Crippen molar-refractivity contribution < 1.29 is 23.9 Å². The third kappa shape index (κ3) is 5.02. The van der Waals surface area contributed by atoms with Crippen LogP contribution in [0.3, 0.4) is 0 Å². The number of ether oxygens (including phenoxy) is 2.